The van der Waals surface area contributed by atoms with Crippen LogP contribution in [0.25, 0.3) is 105 Å². The summed E-state index contributed by atoms with van der Waals surface area (Å²) in [7, 11) is 0. The van der Waals surface area contributed by atoms with Gasteiger partial charge in [-0.1, -0.05) is 133 Å². The van der Waals surface area contributed by atoms with E-state index in [4.69, 9.17) is 30.4 Å². The molecular formula is C46H26N4O2. The summed E-state index contributed by atoms with van der Waals surface area (Å²) in [5.74, 6) is 1.60. The highest BCUT2D eigenvalue weighted by atomic mass is 16.3. The highest BCUT2D eigenvalue weighted by Crippen LogP contribution is 2.43. The molecule has 0 aliphatic carbocycles. The molecule has 52 heavy (non-hydrogen) atoms. The number of nitrogens with zero attached hydrogens (tertiary/aromatic N) is 4. The maximum absolute atomic E-state index is 7.31. The van der Waals surface area contributed by atoms with Crippen LogP contribution in [0.1, 0.15) is 0 Å². The first kappa shape index (κ1) is 29.5. The Morgan fingerprint density at radius 3 is 1.79 bits per heavy atom. The second-order valence-electron chi connectivity index (χ2n) is 12.6. The Bertz CT molecular complexity index is 3010. The Kier molecular flexibility index (Phi) is 6.76. The Morgan fingerprint density at radius 1 is 0.404 bits per heavy atom. The first-order chi connectivity index (χ1) is 25.7. The van der Waals surface area contributed by atoms with Gasteiger partial charge < -0.3 is 8.83 Å². The average molecular weight is 667 g/mol. The quantitative estimate of drug-likeness (QED) is 0.171. The summed E-state index contributed by atoms with van der Waals surface area (Å²) in [6.45, 7) is 7.31. The van der Waals surface area contributed by atoms with Gasteiger partial charge in [0.1, 0.15) is 22.3 Å². The molecule has 0 bridgehead atoms. The number of hydrogen-bond acceptors (Lipinski definition) is 5. The lowest BCUT2D eigenvalue weighted by Gasteiger charge is -2.13. The Balaban J connectivity index is 1.24. The van der Waals surface area contributed by atoms with E-state index in [0.29, 0.717) is 28.7 Å². The van der Waals surface area contributed by atoms with E-state index >= 15 is 0 Å². The van der Waals surface area contributed by atoms with Crippen molar-refractivity contribution in [2.45, 2.75) is 0 Å². The fourth-order valence-electron chi connectivity index (χ4n) is 7.11. The zero-order valence-electron chi connectivity index (χ0n) is 27.6. The number of aromatic nitrogens is 3. The fourth-order valence-corrected chi connectivity index (χ4v) is 7.11. The summed E-state index contributed by atoms with van der Waals surface area (Å²) in [5, 5.41) is 3.96. The molecule has 10 rings (SSSR count). The van der Waals surface area contributed by atoms with E-state index in [1.807, 2.05) is 109 Å². The Labute approximate surface area is 298 Å². The molecule has 0 unspecified atom stereocenters. The standard InChI is InChI=1S/C46H26N4O2/c1-47-32-24-22-29(23-25-32)28-18-20-30(21-19-28)33-26-27-35-34-12-5-7-15-38(34)52-43(35)42(33)46-49-44(31-10-3-2-4-11-31)48-45(50-46)37-14-9-17-40-41(37)36-13-6-8-16-39(36)51-40/h2-27H. The minimum Gasteiger partial charge on any atom is -0.456 e. The van der Waals surface area contributed by atoms with Gasteiger partial charge in [0.25, 0.3) is 0 Å². The van der Waals surface area contributed by atoms with Crippen LogP contribution in [0.2, 0.25) is 0 Å². The van der Waals surface area contributed by atoms with E-state index in [9.17, 15) is 0 Å². The van der Waals surface area contributed by atoms with Gasteiger partial charge in [0.05, 0.1) is 12.1 Å². The predicted molar refractivity (Wildman–Crippen MR) is 208 cm³/mol. The lowest BCUT2D eigenvalue weighted by Crippen LogP contribution is -2.01. The van der Waals surface area contributed by atoms with Crippen LogP contribution < -0.4 is 0 Å². The lowest BCUT2D eigenvalue weighted by atomic mass is 9.94. The molecule has 0 N–H and O–H groups in total. The van der Waals surface area contributed by atoms with Crippen molar-refractivity contribution in [3.63, 3.8) is 0 Å². The monoisotopic (exact) mass is 666 g/mol. The molecule has 10 aromatic rings. The van der Waals surface area contributed by atoms with Crippen LogP contribution in [0, 0.1) is 6.57 Å². The van der Waals surface area contributed by atoms with Gasteiger partial charge in [-0.3, -0.25) is 0 Å². The van der Waals surface area contributed by atoms with Crippen molar-refractivity contribution in [2.24, 2.45) is 0 Å². The number of furan rings is 2. The van der Waals surface area contributed by atoms with Crippen molar-refractivity contribution in [2.75, 3.05) is 0 Å². The number of rotatable bonds is 5. The molecule has 0 atom stereocenters. The second kappa shape index (κ2) is 11.9. The van der Waals surface area contributed by atoms with Crippen LogP contribution in [-0.4, -0.2) is 15.0 Å². The van der Waals surface area contributed by atoms with Crippen molar-refractivity contribution in [1.29, 1.82) is 0 Å². The second-order valence-corrected chi connectivity index (χ2v) is 12.6. The summed E-state index contributed by atoms with van der Waals surface area (Å²) in [6.07, 6.45) is 0. The van der Waals surface area contributed by atoms with E-state index in [0.717, 1.165) is 77.2 Å². The van der Waals surface area contributed by atoms with Crippen LogP contribution in [0.3, 0.4) is 0 Å². The molecule has 0 aliphatic heterocycles. The summed E-state index contributed by atoms with van der Waals surface area (Å²) < 4.78 is 12.9. The zero-order chi connectivity index (χ0) is 34.6. The van der Waals surface area contributed by atoms with Crippen LogP contribution in [0.5, 0.6) is 0 Å². The van der Waals surface area contributed by atoms with E-state index < -0.39 is 0 Å². The van der Waals surface area contributed by atoms with Gasteiger partial charge in [-0.25, -0.2) is 19.8 Å². The van der Waals surface area contributed by atoms with Crippen molar-refractivity contribution in [3.8, 4) is 56.4 Å². The Hall–Kier alpha value is -7.36. The first-order valence-corrected chi connectivity index (χ1v) is 17.0. The summed E-state index contributed by atoms with van der Waals surface area (Å²) in [5.41, 5.74) is 10.2. The van der Waals surface area contributed by atoms with E-state index in [1.54, 1.807) is 0 Å². The third-order valence-electron chi connectivity index (χ3n) is 9.61. The molecule has 3 aromatic heterocycles. The molecule has 6 heteroatoms. The molecule has 242 valence electrons. The number of benzene rings is 7. The van der Waals surface area contributed by atoms with Crippen molar-refractivity contribution < 1.29 is 8.83 Å². The smallest absolute Gasteiger partial charge is 0.187 e. The van der Waals surface area contributed by atoms with Crippen LogP contribution in [0.4, 0.5) is 5.69 Å². The van der Waals surface area contributed by atoms with Gasteiger partial charge in [0.2, 0.25) is 0 Å². The molecule has 6 nitrogen and oxygen atoms in total. The molecule has 7 aromatic carbocycles. The first-order valence-electron chi connectivity index (χ1n) is 17.0. The average Bonchev–Trinajstić information content (AvgIpc) is 3.79. The fraction of sp³-hybridized carbons (Fsp3) is 0. The minimum absolute atomic E-state index is 0.507. The predicted octanol–water partition coefficient (Wildman–Crippen LogP) is 12.6. The van der Waals surface area contributed by atoms with Gasteiger partial charge in [-0.15, -0.1) is 0 Å². The molecule has 0 saturated carbocycles. The van der Waals surface area contributed by atoms with Crippen LogP contribution in [0.15, 0.2) is 167 Å². The van der Waals surface area contributed by atoms with Gasteiger partial charge >= 0.3 is 0 Å². The third-order valence-corrected chi connectivity index (χ3v) is 9.61. The van der Waals surface area contributed by atoms with Crippen molar-refractivity contribution in [1.82, 2.24) is 15.0 Å². The molecule has 0 spiro atoms. The van der Waals surface area contributed by atoms with Crippen molar-refractivity contribution in [3.05, 3.63) is 169 Å². The van der Waals surface area contributed by atoms with Crippen LogP contribution in [-0.2, 0) is 0 Å². The molecule has 3 heterocycles. The van der Waals surface area contributed by atoms with Gasteiger partial charge in [0.15, 0.2) is 23.2 Å². The Morgan fingerprint density at radius 2 is 1.02 bits per heavy atom. The third kappa shape index (κ3) is 4.84. The number of hydrogen-bond donors (Lipinski definition) is 0. The normalized spacial score (nSPS) is 11.4. The largest absolute Gasteiger partial charge is 0.456 e. The molecule has 0 saturated heterocycles. The number of para-hydroxylation sites is 2. The summed E-state index contributed by atoms with van der Waals surface area (Å²) >= 11 is 0. The van der Waals surface area contributed by atoms with E-state index in [-0.39, 0.29) is 0 Å². The van der Waals surface area contributed by atoms with Crippen molar-refractivity contribution >= 4 is 49.6 Å². The highest BCUT2D eigenvalue weighted by molar-refractivity contribution is 6.13. The van der Waals surface area contributed by atoms with E-state index in [2.05, 4.69) is 53.4 Å². The molecule has 0 amide bonds. The molecular weight excluding hydrogens is 641 g/mol. The number of fused-ring (bicyclic) bond motifs is 6. The minimum atomic E-state index is 0.507. The van der Waals surface area contributed by atoms with Gasteiger partial charge in [-0.05, 0) is 46.5 Å². The lowest BCUT2D eigenvalue weighted by molar-refractivity contribution is 0.668. The molecule has 0 fully saturated rings. The molecule has 0 radical (unpaired) electrons. The highest BCUT2D eigenvalue weighted by Gasteiger charge is 2.23. The molecule has 0 aliphatic rings. The topological polar surface area (TPSA) is 69.3 Å². The maximum Gasteiger partial charge on any atom is 0.187 e. The van der Waals surface area contributed by atoms with Gasteiger partial charge in [0, 0.05) is 32.7 Å². The van der Waals surface area contributed by atoms with Gasteiger partial charge in [-0.2, -0.15) is 0 Å². The maximum atomic E-state index is 7.31. The summed E-state index contributed by atoms with van der Waals surface area (Å²) in [6, 6.07) is 52.5. The van der Waals surface area contributed by atoms with E-state index in [1.165, 1.54) is 0 Å². The SMILES string of the molecule is [C-]#[N+]c1ccc(-c2ccc(-c3ccc4c(oc5ccccc54)c3-c3nc(-c4ccccc4)nc(-c4cccc5oc6ccccc6c45)n3)cc2)cc1. The van der Waals surface area contributed by atoms with Crippen LogP contribution >= 0.6 is 0 Å². The zero-order valence-corrected chi connectivity index (χ0v) is 27.6. The summed E-state index contributed by atoms with van der Waals surface area (Å²) in [4.78, 5) is 19.1.